The number of nitrogens with zero attached hydrogens (tertiary/aromatic N) is 1. The lowest BCUT2D eigenvalue weighted by Crippen LogP contribution is -2.41. The summed E-state index contributed by atoms with van der Waals surface area (Å²) in [7, 11) is 4.97. The van der Waals surface area contributed by atoms with Gasteiger partial charge in [0.05, 0.1) is 27.4 Å². The molecule has 1 N–H and O–H groups in total. The van der Waals surface area contributed by atoms with Crippen LogP contribution >= 0.6 is 0 Å². The van der Waals surface area contributed by atoms with E-state index in [1.807, 2.05) is 48.5 Å². The van der Waals surface area contributed by atoms with Gasteiger partial charge in [0.15, 0.2) is 11.5 Å². The van der Waals surface area contributed by atoms with E-state index in [0.29, 0.717) is 17.9 Å². The van der Waals surface area contributed by atoms with Crippen LogP contribution in [0.4, 0.5) is 0 Å². The fourth-order valence-corrected chi connectivity index (χ4v) is 4.35. The summed E-state index contributed by atoms with van der Waals surface area (Å²) >= 11 is 0. The number of ether oxygens (including phenoxy) is 3. The summed E-state index contributed by atoms with van der Waals surface area (Å²) in [5, 5.41) is 3.14. The van der Waals surface area contributed by atoms with Gasteiger partial charge in [-0.3, -0.25) is 9.69 Å². The van der Waals surface area contributed by atoms with Gasteiger partial charge < -0.3 is 19.5 Å². The molecule has 0 saturated carbocycles. The van der Waals surface area contributed by atoms with Crippen LogP contribution in [0.25, 0.3) is 0 Å². The van der Waals surface area contributed by atoms with Gasteiger partial charge in [-0.15, -0.1) is 0 Å². The third-order valence-corrected chi connectivity index (χ3v) is 6.15. The number of hydrogen-bond acceptors (Lipinski definition) is 5. The van der Waals surface area contributed by atoms with Gasteiger partial charge in [0.1, 0.15) is 5.75 Å². The van der Waals surface area contributed by atoms with Crippen molar-refractivity contribution in [1.29, 1.82) is 0 Å². The first-order valence-electron chi connectivity index (χ1n) is 11.1. The molecule has 0 saturated heterocycles. The molecule has 3 aromatic carbocycles. The van der Waals surface area contributed by atoms with Crippen LogP contribution in [0.1, 0.15) is 33.1 Å². The van der Waals surface area contributed by atoms with Crippen LogP contribution in [-0.4, -0.2) is 45.2 Å². The minimum Gasteiger partial charge on any atom is -0.497 e. The van der Waals surface area contributed by atoms with Gasteiger partial charge in [-0.25, -0.2) is 0 Å². The maximum absolute atomic E-state index is 12.8. The quantitative estimate of drug-likeness (QED) is 0.561. The summed E-state index contributed by atoms with van der Waals surface area (Å²) in [5.74, 6) is 2.19. The van der Waals surface area contributed by atoms with Gasteiger partial charge in [0.25, 0.3) is 5.91 Å². The van der Waals surface area contributed by atoms with Crippen molar-refractivity contribution in [2.24, 2.45) is 0 Å². The number of fused-ring (bicyclic) bond motifs is 1. The number of carbonyl (C=O) groups excluding carboxylic acids is 1. The maximum Gasteiger partial charge on any atom is 0.251 e. The van der Waals surface area contributed by atoms with E-state index in [-0.39, 0.29) is 11.9 Å². The molecule has 0 bridgehead atoms. The van der Waals surface area contributed by atoms with Gasteiger partial charge in [-0.2, -0.15) is 0 Å². The van der Waals surface area contributed by atoms with E-state index in [9.17, 15) is 4.79 Å². The van der Waals surface area contributed by atoms with Crippen molar-refractivity contribution in [1.82, 2.24) is 10.2 Å². The summed E-state index contributed by atoms with van der Waals surface area (Å²) < 4.78 is 16.4. The lowest BCUT2D eigenvalue weighted by Gasteiger charge is -2.38. The Morgan fingerprint density at radius 1 is 0.939 bits per heavy atom. The Kier molecular flexibility index (Phi) is 7.15. The molecule has 0 radical (unpaired) electrons. The molecule has 6 heteroatoms. The minimum absolute atomic E-state index is 0.00307. The summed E-state index contributed by atoms with van der Waals surface area (Å²) in [6.45, 7) is 2.14. The molecule has 1 heterocycles. The predicted molar refractivity (Wildman–Crippen MR) is 128 cm³/mol. The number of carbonyl (C=O) groups is 1. The Labute approximate surface area is 195 Å². The maximum atomic E-state index is 12.8. The molecule has 0 aliphatic carbocycles. The second-order valence-corrected chi connectivity index (χ2v) is 8.07. The Morgan fingerprint density at radius 2 is 1.64 bits per heavy atom. The zero-order valence-electron chi connectivity index (χ0n) is 19.3. The molecule has 1 aliphatic rings. The van der Waals surface area contributed by atoms with Crippen LogP contribution in [0.5, 0.6) is 17.2 Å². The molecule has 1 amide bonds. The highest BCUT2D eigenvalue weighted by Gasteiger charge is 2.29. The zero-order valence-corrected chi connectivity index (χ0v) is 19.3. The van der Waals surface area contributed by atoms with Crippen molar-refractivity contribution in [3.63, 3.8) is 0 Å². The minimum atomic E-state index is -0.0763. The molecular formula is C27H30N2O4. The standard InChI is InChI=1S/C27H30N2O4/c1-31-22-11-9-19(10-12-22)18-29-14-13-21-15-25(32-2)26(33-3)16-23(21)24(29)17-28-27(30)20-7-5-4-6-8-20/h4-12,15-16,24H,13-14,17-18H2,1-3H3,(H,28,30)/t24-/m0/s1. The van der Waals surface area contributed by atoms with Crippen LogP contribution in [0, 0.1) is 0 Å². The third-order valence-electron chi connectivity index (χ3n) is 6.15. The topological polar surface area (TPSA) is 60.0 Å². The van der Waals surface area contributed by atoms with Crippen molar-refractivity contribution in [3.05, 3.63) is 89.0 Å². The third kappa shape index (κ3) is 5.12. The van der Waals surface area contributed by atoms with Crippen molar-refractivity contribution in [2.75, 3.05) is 34.4 Å². The van der Waals surface area contributed by atoms with E-state index in [0.717, 1.165) is 36.6 Å². The molecule has 3 aromatic rings. The van der Waals surface area contributed by atoms with Crippen LogP contribution in [0.15, 0.2) is 66.7 Å². The number of rotatable bonds is 8. The van der Waals surface area contributed by atoms with Crippen LogP contribution in [0.2, 0.25) is 0 Å². The molecule has 0 fully saturated rings. The van der Waals surface area contributed by atoms with Gasteiger partial charge in [-0.1, -0.05) is 30.3 Å². The molecule has 1 aliphatic heterocycles. The molecule has 4 rings (SSSR count). The Balaban J connectivity index is 1.61. The highest BCUT2D eigenvalue weighted by Crippen LogP contribution is 2.38. The lowest BCUT2D eigenvalue weighted by atomic mass is 9.91. The average molecular weight is 447 g/mol. The first kappa shape index (κ1) is 22.7. The van der Waals surface area contributed by atoms with Crippen LogP contribution in [-0.2, 0) is 13.0 Å². The zero-order chi connectivity index (χ0) is 23.2. The molecule has 0 unspecified atom stereocenters. The number of amides is 1. The highest BCUT2D eigenvalue weighted by molar-refractivity contribution is 5.94. The fraction of sp³-hybridized carbons (Fsp3) is 0.296. The molecule has 6 nitrogen and oxygen atoms in total. The van der Waals surface area contributed by atoms with E-state index in [1.165, 1.54) is 11.1 Å². The molecular weight excluding hydrogens is 416 g/mol. The van der Waals surface area contributed by atoms with Gasteiger partial charge in [-0.05, 0) is 59.5 Å². The van der Waals surface area contributed by atoms with Gasteiger partial charge >= 0.3 is 0 Å². The van der Waals surface area contributed by atoms with Crippen LogP contribution < -0.4 is 19.5 Å². The lowest BCUT2D eigenvalue weighted by molar-refractivity contribution is 0.0926. The summed E-state index contributed by atoms with van der Waals surface area (Å²) in [6.07, 6.45) is 0.898. The molecule has 33 heavy (non-hydrogen) atoms. The van der Waals surface area contributed by atoms with Gasteiger partial charge in [0, 0.05) is 25.2 Å². The van der Waals surface area contributed by atoms with E-state index >= 15 is 0 Å². The normalized spacial score (nSPS) is 15.4. The van der Waals surface area contributed by atoms with Crippen molar-refractivity contribution in [3.8, 4) is 17.2 Å². The first-order chi connectivity index (χ1) is 16.1. The summed E-state index contributed by atoms with van der Waals surface area (Å²) in [6, 6.07) is 21.5. The largest absolute Gasteiger partial charge is 0.497 e. The highest BCUT2D eigenvalue weighted by atomic mass is 16.5. The van der Waals surface area contributed by atoms with Crippen molar-refractivity contribution in [2.45, 2.75) is 19.0 Å². The molecule has 1 atom stereocenters. The molecule has 0 spiro atoms. The predicted octanol–water partition coefficient (Wildman–Crippen LogP) is 4.24. The fourth-order valence-electron chi connectivity index (χ4n) is 4.35. The second-order valence-electron chi connectivity index (χ2n) is 8.07. The van der Waals surface area contributed by atoms with Crippen molar-refractivity contribution >= 4 is 5.91 Å². The first-order valence-corrected chi connectivity index (χ1v) is 11.1. The van der Waals surface area contributed by atoms with E-state index < -0.39 is 0 Å². The number of methoxy groups -OCH3 is 3. The average Bonchev–Trinajstić information content (AvgIpc) is 2.87. The summed E-state index contributed by atoms with van der Waals surface area (Å²) in [5.41, 5.74) is 4.22. The Bertz CT molecular complexity index is 1080. The number of nitrogens with one attached hydrogen (secondary N) is 1. The van der Waals surface area contributed by atoms with E-state index in [1.54, 1.807) is 21.3 Å². The van der Waals surface area contributed by atoms with Crippen molar-refractivity contribution < 1.29 is 19.0 Å². The number of hydrogen-bond donors (Lipinski definition) is 1. The smallest absolute Gasteiger partial charge is 0.251 e. The molecule has 172 valence electrons. The van der Waals surface area contributed by atoms with E-state index in [2.05, 4.69) is 28.4 Å². The second kappa shape index (κ2) is 10.4. The SMILES string of the molecule is COc1ccc(CN2CCc3cc(OC)c(OC)cc3[C@@H]2CNC(=O)c2ccccc2)cc1. The summed E-state index contributed by atoms with van der Waals surface area (Å²) in [4.78, 5) is 15.2. The van der Waals surface area contributed by atoms with Crippen LogP contribution in [0.3, 0.4) is 0 Å². The molecule has 0 aromatic heterocycles. The van der Waals surface area contributed by atoms with Gasteiger partial charge in [0.2, 0.25) is 0 Å². The Morgan fingerprint density at radius 3 is 2.30 bits per heavy atom. The Hall–Kier alpha value is -3.51. The van der Waals surface area contributed by atoms with E-state index in [4.69, 9.17) is 14.2 Å². The number of benzene rings is 3. The monoisotopic (exact) mass is 446 g/mol.